The summed E-state index contributed by atoms with van der Waals surface area (Å²) >= 11 is 0. The van der Waals surface area contributed by atoms with Crippen LogP contribution in [0.4, 0.5) is 0 Å². The van der Waals surface area contributed by atoms with Crippen LogP contribution in [-0.2, 0) is 9.59 Å². The predicted molar refractivity (Wildman–Crippen MR) is 70.9 cm³/mol. The number of hydrogen-bond acceptors (Lipinski definition) is 3. The third kappa shape index (κ3) is 5.04. The van der Waals surface area contributed by atoms with Crippen LogP contribution in [-0.4, -0.2) is 42.4 Å². The standard InChI is InChI=1S/C13H25N3O2/c1-10(2)3-4-13(18)16(9-12(14)17)11-5-7-15-8-6-11/h10-11,15H,3-9H2,1-2H3,(H2,14,17). The molecule has 0 aromatic carbocycles. The van der Waals surface area contributed by atoms with Gasteiger partial charge in [0.25, 0.3) is 0 Å². The quantitative estimate of drug-likeness (QED) is 0.725. The molecule has 0 bridgehead atoms. The van der Waals surface area contributed by atoms with Crippen molar-refractivity contribution in [3.63, 3.8) is 0 Å². The highest BCUT2D eigenvalue weighted by Crippen LogP contribution is 2.15. The van der Waals surface area contributed by atoms with Crippen LogP contribution in [0.2, 0.25) is 0 Å². The molecule has 1 saturated heterocycles. The molecule has 1 heterocycles. The number of carbonyl (C=O) groups excluding carboxylic acids is 2. The predicted octanol–water partition coefficient (Wildman–Crippen LogP) is 0.489. The summed E-state index contributed by atoms with van der Waals surface area (Å²) in [7, 11) is 0. The van der Waals surface area contributed by atoms with Crippen molar-refractivity contribution in [2.75, 3.05) is 19.6 Å². The average molecular weight is 255 g/mol. The van der Waals surface area contributed by atoms with E-state index < -0.39 is 5.91 Å². The molecule has 104 valence electrons. The summed E-state index contributed by atoms with van der Waals surface area (Å²) in [6.45, 7) is 6.04. The fraction of sp³-hybridized carbons (Fsp3) is 0.846. The zero-order valence-corrected chi connectivity index (χ0v) is 11.4. The van der Waals surface area contributed by atoms with Gasteiger partial charge in [0.2, 0.25) is 11.8 Å². The molecule has 18 heavy (non-hydrogen) atoms. The Hall–Kier alpha value is -1.10. The number of nitrogens with zero attached hydrogens (tertiary/aromatic N) is 1. The lowest BCUT2D eigenvalue weighted by atomic mass is 10.0. The van der Waals surface area contributed by atoms with Crippen molar-refractivity contribution >= 4 is 11.8 Å². The fourth-order valence-corrected chi connectivity index (χ4v) is 2.26. The molecular formula is C13H25N3O2. The van der Waals surface area contributed by atoms with E-state index in [0.717, 1.165) is 32.4 Å². The number of primary amides is 1. The molecule has 1 aliphatic rings. The molecule has 2 amide bonds. The minimum atomic E-state index is -0.425. The van der Waals surface area contributed by atoms with Gasteiger partial charge in [-0.05, 0) is 38.3 Å². The third-order valence-electron chi connectivity index (χ3n) is 3.33. The maximum Gasteiger partial charge on any atom is 0.237 e. The zero-order chi connectivity index (χ0) is 13.5. The molecule has 5 nitrogen and oxygen atoms in total. The van der Waals surface area contributed by atoms with Crippen LogP contribution in [0.5, 0.6) is 0 Å². The largest absolute Gasteiger partial charge is 0.368 e. The van der Waals surface area contributed by atoms with E-state index in [1.54, 1.807) is 4.90 Å². The molecule has 0 aromatic heterocycles. The lowest BCUT2D eigenvalue weighted by Crippen LogP contribution is -2.49. The number of carbonyl (C=O) groups is 2. The number of hydrogen-bond donors (Lipinski definition) is 2. The van der Waals surface area contributed by atoms with Crippen molar-refractivity contribution < 1.29 is 9.59 Å². The maximum absolute atomic E-state index is 12.2. The van der Waals surface area contributed by atoms with Gasteiger partial charge in [-0.2, -0.15) is 0 Å². The van der Waals surface area contributed by atoms with Gasteiger partial charge in [0.15, 0.2) is 0 Å². The van der Waals surface area contributed by atoms with Crippen molar-refractivity contribution in [3.05, 3.63) is 0 Å². The highest BCUT2D eigenvalue weighted by molar-refractivity contribution is 5.84. The normalized spacial score (nSPS) is 16.8. The van der Waals surface area contributed by atoms with E-state index in [2.05, 4.69) is 19.2 Å². The minimum Gasteiger partial charge on any atom is -0.368 e. The van der Waals surface area contributed by atoms with Gasteiger partial charge in [-0.1, -0.05) is 13.8 Å². The Kier molecular flexibility index (Phi) is 6.12. The van der Waals surface area contributed by atoms with Gasteiger partial charge in [0.1, 0.15) is 0 Å². The van der Waals surface area contributed by atoms with Crippen LogP contribution in [0.1, 0.15) is 39.5 Å². The van der Waals surface area contributed by atoms with Gasteiger partial charge in [0, 0.05) is 12.5 Å². The molecule has 1 rings (SSSR count). The first-order chi connectivity index (χ1) is 8.50. The number of nitrogens with two attached hydrogens (primary N) is 1. The Labute approximate surface area is 109 Å². The summed E-state index contributed by atoms with van der Waals surface area (Å²) in [5.74, 6) is 0.137. The summed E-state index contributed by atoms with van der Waals surface area (Å²) in [5, 5.41) is 3.26. The second-order valence-corrected chi connectivity index (χ2v) is 5.40. The molecule has 5 heteroatoms. The summed E-state index contributed by atoms with van der Waals surface area (Å²) in [4.78, 5) is 25.0. The van der Waals surface area contributed by atoms with Crippen molar-refractivity contribution in [2.24, 2.45) is 11.7 Å². The molecule has 0 radical (unpaired) electrons. The molecule has 0 spiro atoms. The second-order valence-electron chi connectivity index (χ2n) is 5.40. The highest BCUT2D eigenvalue weighted by Gasteiger charge is 2.26. The van der Waals surface area contributed by atoms with E-state index in [1.165, 1.54) is 0 Å². The first kappa shape index (κ1) is 15.0. The van der Waals surface area contributed by atoms with Crippen LogP contribution in [0.3, 0.4) is 0 Å². The Balaban J connectivity index is 2.58. The molecule has 1 fully saturated rings. The van der Waals surface area contributed by atoms with Gasteiger partial charge in [-0.15, -0.1) is 0 Å². The SMILES string of the molecule is CC(C)CCC(=O)N(CC(N)=O)C1CCNCC1. The number of rotatable bonds is 6. The summed E-state index contributed by atoms with van der Waals surface area (Å²) in [6, 6.07) is 0.165. The van der Waals surface area contributed by atoms with Gasteiger partial charge in [-0.25, -0.2) is 0 Å². The minimum absolute atomic E-state index is 0.0571. The smallest absolute Gasteiger partial charge is 0.237 e. The van der Waals surface area contributed by atoms with Gasteiger partial charge in [-0.3, -0.25) is 9.59 Å². The third-order valence-corrected chi connectivity index (χ3v) is 3.33. The van der Waals surface area contributed by atoms with E-state index in [1.807, 2.05) is 0 Å². The zero-order valence-electron chi connectivity index (χ0n) is 11.4. The summed E-state index contributed by atoms with van der Waals surface area (Å²) in [6.07, 6.45) is 3.18. The Morgan fingerprint density at radius 3 is 2.44 bits per heavy atom. The molecule has 0 saturated carbocycles. The topological polar surface area (TPSA) is 75.4 Å². The lowest BCUT2D eigenvalue weighted by molar-refractivity contribution is -0.138. The second kappa shape index (κ2) is 7.36. The number of amides is 2. The maximum atomic E-state index is 12.2. The number of piperidine rings is 1. The Morgan fingerprint density at radius 1 is 1.33 bits per heavy atom. The van der Waals surface area contributed by atoms with Crippen LogP contribution >= 0.6 is 0 Å². The molecule has 0 atom stereocenters. The van der Waals surface area contributed by atoms with Gasteiger partial charge < -0.3 is 16.0 Å². The molecule has 0 aromatic rings. The summed E-state index contributed by atoms with van der Waals surface area (Å²) < 4.78 is 0. The Bertz CT molecular complexity index is 286. The van der Waals surface area contributed by atoms with Crippen molar-refractivity contribution in [3.8, 4) is 0 Å². The summed E-state index contributed by atoms with van der Waals surface area (Å²) in [5.41, 5.74) is 5.25. The molecule has 3 N–H and O–H groups in total. The monoisotopic (exact) mass is 255 g/mol. The fourth-order valence-electron chi connectivity index (χ4n) is 2.26. The van der Waals surface area contributed by atoms with Crippen LogP contribution in [0, 0.1) is 5.92 Å². The molecule has 0 aliphatic carbocycles. The molecule has 0 unspecified atom stereocenters. The van der Waals surface area contributed by atoms with Crippen molar-refractivity contribution in [1.82, 2.24) is 10.2 Å². The molecular weight excluding hydrogens is 230 g/mol. The first-order valence-corrected chi connectivity index (χ1v) is 6.79. The van der Waals surface area contributed by atoms with E-state index >= 15 is 0 Å². The average Bonchev–Trinajstić information content (AvgIpc) is 2.34. The number of nitrogens with one attached hydrogen (secondary N) is 1. The van der Waals surface area contributed by atoms with Crippen molar-refractivity contribution in [1.29, 1.82) is 0 Å². The lowest BCUT2D eigenvalue weighted by Gasteiger charge is -2.34. The van der Waals surface area contributed by atoms with E-state index in [4.69, 9.17) is 5.73 Å². The van der Waals surface area contributed by atoms with Crippen molar-refractivity contribution in [2.45, 2.75) is 45.6 Å². The first-order valence-electron chi connectivity index (χ1n) is 6.79. The van der Waals surface area contributed by atoms with Gasteiger partial charge >= 0.3 is 0 Å². The van der Waals surface area contributed by atoms with Gasteiger partial charge in [0.05, 0.1) is 6.54 Å². The van der Waals surface area contributed by atoms with Crippen LogP contribution in [0.25, 0.3) is 0 Å². The van der Waals surface area contributed by atoms with Crippen LogP contribution in [0.15, 0.2) is 0 Å². The highest BCUT2D eigenvalue weighted by atomic mass is 16.2. The van der Waals surface area contributed by atoms with E-state index in [9.17, 15) is 9.59 Å². The molecule has 1 aliphatic heterocycles. The Morgan fingerprint density at radius 2 is 1.94 bits per heavy atom. The van der Waals surface area contributed by atoms with E-state index in [0.29, 0.717) is 12.3 Å². The van der Waals surface area contributed by atoms with E-state index in [-0.39, 0.29) is 18.5 Å². The van der Waals surface area contributed by atoms with Crippen LogP contribution < -0.4 is 11.1 Å².